The molecular weight excluding hydrogens is 450 g/mol. The van der Waals surface area contributed by atoms with Crippen molar-refractivity contribution in [3.8, 4) is 0 Å². The van der Waals surface area contributed by atoms with Gasteiger partial charge in [-0.15, -0.1) is 11.3 Å². The number of piperidine rings is 1. The maximum absolute atomic E-state index is 6.06. The van der Waals surface area contributed by atoms with Crippen LogP contribution < -0.4 is 5.32 Å². The Bertz CT molecular complexity index is 1230. The van der Waals surface area contributed by atoms with E-state index in [1.54, 1.807) is 0 Å². The van der Waals surface area contributed by atoms with Crippen molar-refractivity contribution >= 4 is 28.6 Å². The van der Waals surface area contributed by atoms with Gasteiger partial charge in [0.25, 0.3) is 0 Å². The monoisotopic (exact) mass is 479 g/mol. The van der Waals surface area contributed by atoms with E-state index in [-0.39, 0.29) is 0 Å². The lowest BCUT2D eigenvalue weighted by atomic mass is 9.94. The minimum absolute atomic E-state index is 0.450. The summed E-state index contributed by atoms with van der Waals surface area (Å²) in [5.41, 5.74) is 5.81. The Balaban J connectivity index is 1.31. The van der Waals surface area contributed by atoms with E-state index in [0.29, 0.717) is 5.92 Å². The molecule has 1 saturated heterocycles. The summed E-state index contributed by atoms with van der Waals surface area (Å²) in [5.74, 6) is 0.450. The molecule has 0 aliphatic carbocycles. The molecule has 7 heteroatoms. The van der Waals surface area contributed by atoms with Crippen LogP contribution in [0.15, 0.2) is 48.7 Å². The van der Waals surface area contributed by atoms with Crippen LogP contribution in [0.5, 0.6) is 0 Å². The smallest absolute Gasteiger partial charge is 0.159 e. The van der Waals surface area contributed by atoms with Gasteiger partial charge < -0.3 is 5.32 Å². The molecule has 0 amide bonds. The Morgan fingerprint density at radius 3 is 2.73 bits per heavy atom. The lowest BCUT2D eigenvalue weighted by Gasteiger charge is -2.33. The standard InChI is InChI=1S/C26H30ClN5S/c1-18-5-10-23(33-18)14-28-15-24-19(2)30-32-25(11-12-29-26(24)32)21-4-3-13-31(17-21)16-20-6-8-22(27)9-7-20/h5-12,21,28H,3-4,13-17H2,1-2H3. The van der Waals surface area contributed by atoms with Crippen molar-refractivity contribution in [3.63, 3.8) is 0 Å². The summed E-state index contributed by atoms with van der Waals surface area (Å²) >= 11 is 7.90. The zero-order valence-corrected chi connectivity index (χ0v) is 20.8. The third-order valence-electron chi connectivity index (χ3n) is 6.48. The SMILES string of the molecule is Cc1ccc(CNCc2c(C)nn3c(C4CCCN(Cc5ccc(Cl)cc5)C4)ccnc23)s1. The lowest BCUT2D eigenvalue weighted by molar-refractivity contribution is 0.197. The van der Waals surface area contributed by atoms with Crippen LogP contribution in [0, 0.1) is 13.8 Å². The molecule has 5 rings (SSSR count). The molecule has 0 saturated carbocycles. The van der Waals surface area contributed by atoms with Crippen LogP contribution in [0.2, 0.25) is 5.02 Å². The van der Waals surface area contributed by atoms with Crippen molar-refractivity contribution in [2.45, 2.75) is 52.2 Å². The third kappa shape index (κ3) is 5.14. The van der Waals surface area contributed by atoms with Crippen LogP contribution in [0.3, 0.4) is 0 Å². The minimum Gasteiger partial charge on any atom is -0.308 e. The number of fused-ring (bicyclic) bond motifs is 1. The predicted octanol–water partition coefficient (Wildman–Crippen LogP) is 5.73. The fourth-order valence-electron chi connectivity index (χ4n) is 4.81. The molecule has 0 spiro atoms. The molecule has 0 radical (unpaired) electrons. The normalized spacial score (nSPS) is 17.1. The first-order valence-corrected chi connectivity index (χ1v) is 12.8. The van der Waals surface area contributed by atoms with Crippen molar-refractivity contribution in [1.82, 2.24) is 24.8 Å². The number of halogens is 1. The molecule has 3 aromatic heterocycles. The first-order valence-electron chi connectivity index (χ1n) is 11.6. The van der Waals surface area contributed by atoms with E-state index in [9.17, 15) is 0 Å². The van der Waals surface area contributed by atoms with Crippen LogP contribution in [0.25, 0.3) is 5.65 Å². The molecule has 172 valence electrons. The Morgan fingerprint density at radius 2 is 1.94 bits per heavy atom. The van der Waals surface area contributed by atoms with E-state index in [1.165, 1.54) is 39.4 Å². The number of hydrogen-bond donors (Lipinski definition) is 1. The van der Waals surface area contributed by atoms with Gasteiger partial charge in [0.2, 0.25) is 0 Å². The third-order valence-corrected chi connectivity index (χ3v) is 7.74. The molecule has 1 N–H and O–H groups in total. The fourth-order valence-corrected chi connectivity index (χ4v) is 5.80. The average Bonchev–Trinajstić information content (AvgIpc) is 3.38. The summed E-state index contributed by atoms with van der Waals surface area (Å²) in [6, 6.07) is 14.7. The number of nitrogens with one attached hydrogen (secondary N) is 1. The van der Waals surface area contributed by atoms with Gasteiger partial charge in [0.1, 0.15) is 0 Å². The highest BCUT2D eigenvalue weighted by atomic mass is 35.5. The summed E-state index contributed by atoms with van der Waals surface area (Å²) in [6.45, 7) is 9.01. The van der Waals surface area contributed by atoms with Crippen LogP contribution in [0.4, 0.5) is 0 Å². The quantitative estimate of drug-likeness (QED) is 0.367. The summed E-state index contributed by atoms with van der Waals surface area (Å²) in [6.07, 6.45) is 4.33. The van der Waals surface area contributed by atoms with Crippen molar-refractivity contribution in [3.05, 3.63) is 86.0 Å². The van der Waals surface area contributed by atoms with E-state index in [1.807, 2.05) is 29.7 Å². The van der Waals surface area contributed by atoms with Gasteiger partial charge in [-0.25, -0.2) is 9.50 Å². The second-order valence-electron chi connectivity index (χ2n) is 8.99. The molecule has 1 fully saturated rings. The van der Waals surface area contributed by atoms with Crippen molar-refractivity contribution in [1.29, 1.82) is 0 Å². The number of nitrogens with zero attached hydrogens (tertiary/aromatic N) is 4. The van der Waals surface area contributed by atoms with Crippen LogP contribution in [0.1, 0.15) is 51.0 Å². The molecule has 1 unspecified atom stereocenters. The zero-order valence-electron chi connectivity index (χ0n) is 19.2. The average molecular weight is 480 g/mol. The fraction of sp³-hybridized carbons (Fsp3) is 0.385. The molecule has 4 heterocycles. The molecule has 0 bridgehead atoms. The number of thiophene rings is 1. The van der Waals surface area contributed by atoms with Crippen LogP contribution in [-0.2, 0) is 19.6 Å². The van der Waals surface area contributed by atoms with E-state index in [4.69, 9.17) is 21.7 Å². The molecular formula is C26H30ClN5S. The highest BCUT2D eigenvalue weighted by molar-refractivity contribution is 7.11. The van der Waals surface area contributed by atoms with Gasteiger partial charge in [-0.3, -0.25) is 4.90 Å². The number of hydrogen-bond acceptors (Lipinski definition) is 5. The zero-order chi connectivity index (χ0) is 22.8. The van der Waals surface area contributed by atoms with Gasteiger partial charge >= 0.3 is 0 Å². The molecule has 4 aromatic rings. The molecule has 1 aliphatic rings. The topological polar surface area (TPSA) is 45.5 Å². The highest BCUT2D eigenvalue weighted by Gasteiger charge is 2.25. The largest absolute Gasteiger partial charge is 0.308 e. The Labute approximate surface area is 204 Å². The number of aromatic nitrogens is 3. The predicted molar refractivity (Wildman–Crippen MR) is 136 cm³/mol. The van der Waals surface area contributed by atoms with Crippen molar-refractivity contribution < 1.29 is 0 Å². The molecule has 5 nitrogen and oxygen atoms in total. The first-order chi connectivity index (χ1) is 16.1. The van der Waals surface area contributed by atoms with E-state index < -0.39 is 0 Å². The van der Waals surface area contributed by atoms with Crippen molar-refractivity contribution in [2.24, 2.45) is 0 Å². The minimum atomic E-state index is 0.450. The van der Waals surface area contributed by atoms with E-state index in [2.05, 4.69) is 58.9 Å². The maximum Gasteiger partial charge on any atom is 0.159 e. The van der Waals surface area contributed by atoms with Gasteiger partial charge in [-0.2, -0.15) is 5.10 Å². The van der Waals surface area contributed by atoms with Crippen LogP contribution in [-0.4, -0.2) is 32.6 Å². The Morgan fingerprint density at radius 1 is 1.09 bits per heavy atom. The molecule has 1 atom stereocenters. The molecule has 1 aromatic carbocycles. The van der Waals surface area contributed by atoms with Crippen LogP contribution >= 0.6 is 22.9 Å². The summed E-state index contributed by atoms with van der Waals surface area (Å²) in [5, 5.41) is 9.30. The number of aryl methyl sites for hydroxylation is 2. The second-order valence-corrected chi connectivity index (χ2v) is 10.8. The summed E-state index contributed by atoms with van der Waals surface area (Å²) in [4.78, 5) is 9.98. The summed E-state index contributed by atoms with van der Waals surface area (Å²) in [7, 11) is 0. The van der Waals surface area contributed by atoms with Gasteiger partial charge in [0.15, 0.2) is 5.65 Å². The first kappa shape index (κ1) is 22.5. The summed E-state index contributed by atoms with van der Waals surface area (Å²) < 4.78 is 2.10. The number of benzene rings is 1. The highest BCUT2D eigenvalue weighted by Crippen LogP contribution is 2.29. The maximum atomic E-state index is 6.06. The van der Waals surface area contributed by atoms with Gasteiger partial charge in [0, 0.05) is 58.6 Å². The molecule has 33 heavy (non-hydrogen) atoms. The van der Waals surface area contributed by atoms with Gasteiger partial charge in [-0.05, 0) is 69.1 Å². The van der Waals surface area contributed by atoms with E-state index >= 15 is 0 Å². The Hall–Kier alpha value is -2.25. The second kappa shape index (κ2) is 9.94. The number of likely N-dealkylation sites (tertiary alicyclic amines) is 1. The van der Waals surface area contributed by atoms with Crippen molar-refractivity contribution in [2.75, 3.05) is 13.1 Å². The Kier molecular flexibility index (Phi) is 6.79. The van der Waals surface area contributed by atoms with Gasteiger partial charge in [-0.1, -0.05) is 23.7 Å². The number of rotatable bonds is 7. The van der Waals surface area contributed by atoms with E-state index in [0.717, 1.165) is 49.1 Å². The lowest BCUT2D eigenvalue weighted by Crippen LogP contribution is -2.34. The van der Waals surface area contributed by atoms with Gasteiger partial charge in [0.05, 0.1) is 11.4 Å². The molecule has 1 aliphatic heterocycles.